The molecule has 0 unspecified atom stereocenters. The average molecular weight is 270 g/mol. The summed E-state index contributed by atoms with van der Waals surface area (Å²) in [5.74, 6) is 0. The molecule has 108 valence electrons. The Kier molecular flexibility index (Phi) is 3.53. The SMILES string of the molecule is Cc1cnn(-c2cc(C(C)(C)C)ccc2C(C)(C)C)c1. The molecule has 0 aliphatic rings. The summed E-state index contributed by atoms with van der Waals surface area (Å²) >= 11 is 0. The highest BCUT2D eigenvalue weighted by molar-refractivity contribution is 5.48. The van der Waals surface area contributed by atoms with Gasteiger partial charge in [-0.05, 0) is 40.5 Å². The van der Waals surface area contributed by atoms with E-state index in [4.69, 9.17) is 0 Å². The van der Waals surface area contributed by atoms with Crippen LogP contribution < -0.4 is 0 Å². The Labute approximate surface area is 122 Å². The zero-order valence-electron chi connectivity index (χ0n) is 13.8. The highest BCUT2D eigenvalue weighted by atomic mass is 15.3. The van der Waals surface area contributed by atoms with Crippen LogP contribution >= 0.6 is 0 Å². The molecule has 2 nitrogen and oxygen atoms in total. The number of aryl methyl sites for hydroxylation is 1. The molecule has 1 aromatic carbocycles. The molecule has 0 spiro atoms. The molecule has 0 atom stereocenters. The summed E-state index contributed by atoms with van der Waals surface area (Å²) in [6.45, 7) is 15.6. The summed E-state index contributed by atoms with van der Waals surface area (Å²) < 4.78 is 2.01. The second-order valence-electron chi connectivity index (χ2n) is 7.69. The fourth-order valence-corrected chi connectivity index (χ4v) is 2.37. The third-order valence-electron chi connectivity index (χ3n) is 3.63. The Hall–Kier alpha value is -1.57. The van der Waals surface area contributed by atoms with Gasteiger partial charge in [0.2, 0.25) is 0 Å². The van der Waals surface area contributed by atoms with Gasteiger partial charge in [-0.1, -0.05) is 53.7 Å². The van der Waals surface area contributed by atoms with Gasteiger partial charge in [-0.25, -0.2) is 4.68 Å². The summed E-state index contributed by atoms with van der Waals surface area (Å²) in [7, 11) is 0. The van der Waals surface area contributed by atoms with Crippen LogP contribution in [0.5, 0.6) is 0 Å². The Morgan fingerprint density at radius 1 is 0.950 bits per heavy atom. The van der Waals surface area contributed by atoms with Gasteiger partial charge in [0.15, 0.2) is 0 Å². The van der Waals surface area contributed by atoms with Crippen molar-refractivity contribution in [3.8, 4) is 5.69 Å². The maximum atomic E-state index is 4.50. The lowest BCUT2D eigenvalue weighted by Crippen LogP contribution is -2.18. The minimum absolute atomic E-state index is 0.103. The highest BCUT2D eigenvalue weighted by Gasteiger charge is 2.22. The molecule has 0 N–H and O–H groups in total. The van der Waals surface area contributed by atoms with Gasteiger partial charge in [-0.2, -0.15) is 5.10 Å². The molecule has 20 heavy (non-hydrogen) atoms. The van der Waals surface area contributed by atoms with E-state index in [1.165, 1.54) is 22.4 Å². The Balaban J connectivity index is 2.66. The minimum Gasteiger partial charge on any atom is -0.240 e. The van der Waals surface area contributed by atoms with Gasteiger partial charge in [-0.15, -0.1) is 0 Å². The fraction of sp³-hybridized carbons (Fsp3) is 0.500. The molecular weight excluding hydrogens is 244 g/mol. The molecule has 0 aliphatic heterocycles. The third kappa shape index (κ3) is 2.95. The summed E-state index contributed by atoms with van der Waals surface area (Å²) in [6.07, 6.45) is 4.01. The average Bonchev–Trinajstić information content (AvgIpc) is 2.72. The van der Waals surface area contributed by atoms with Crippen molar-refractivity contribution in [1.29, 1.82) is 0 Å². The van der Waals surface area contributed by atoms with Gasteiger partial charge in [0, 0.05) is 6.20 Å². The lowest BCUT2D eigenvalue weighted by atomic mass is 9.81. The predicted octanol–water partition coefficient (Wildman–Crippen LogP) is 4.78. The van der Waals surface area contributed by atoms with Crippen molar-refractivity contribution in [2.24, 2.45) is 0 Å². The second kappa shape index (κ2) is 4.76. The molecule has 2 aromatic rings. The summed E-state index contributed by atoms with van der Waals surface area (Å²) in [5, 5.41) is 4.50. The van der Waals surface area contributed by atoms with Crippen molar-refractivity contribution in [3.05, 3.63) is 47.3 Å². The minimum atomic E-state index is 0.103. The highest BCUT2D eigenvalue weighted by Crippen LogP contribution is 2.32. The summed E-state index contributed by atoms with van der Waals surface area (Å²) in [4.78, 5) is 0. The van der Waals surface area contributed by atoms with Crippen molar-refractivity contribution in [2.45, 2.75) is 59.3 Å². The first-order chi connectivity index (χ1) is 9.09. The molecule has 0 fully saturated rings. The molecule has 0 amide bonds. The molecule has 2 heteroatoms. The van der Waals surface area contributed by atoms with E-state index in [0.29, 0.717) is 0 Å². The van der Waals surface area contributed by atoms with Crippen LogP contribution in [0.4, 0.5) is 0 Å². The standard InChI is InChI=1S/C18H26N2/c1-13-11-19-20(12-13)16-10-14(17(2,3)4)8-9-15(16)18(5,6)7/h8-12H,1-7H3. The van der Waals surface area contributed by atoms with Crippen LogP contribution in [0.3, 0.4) is 0 Å². The van der Waals surface area contributed by atoms with E-state index in [0.717, 1.165) is 0 Å². The fourth-order valence-electron chi connectivity index (χ4n) is 2.37. The molecule has 1 aromatic heterocycles. The van der Waals surface area contributed by atoms with Crippen LogP contribution in [-0.4, -0.2) is 9.78 Å². The molecule has 0 aliphatic carbocycles. The second-order valence-corrected chi connectivity index (χ2v) is 7.69. The number of hydrogen-bond acceptors (Lipinski definition) is 1. The number of hydrogen-bond donors (Lipinski definition) is 0. The molecule has 2 rings (SSSR count). The van der Waals surface area contributed by atoms with E-state index in [2.05, 4.69) is 78.0 Å². The number of benzene rings is 1. The molecule has 0 saturated carbocycles. The molecule has 1 heterocycles. The van der Waals surface area contributed by atoms with Crippen LogP contribution in [0.25, 0.3) is 5.69 Å². The van der Waals surface area contributed by atoms with Crippen LogP contribution in [0.15, 0.2) is 30.6 Å². The number of aromatic nitrogens is 2. The van der Waals surface area contributed by atoms with Gasteiger partial charge < -0.3 is 0 Å². The van der Waals surface area contributed by atoms with E-state index in [1.807, 2.05) is 10.9 Å². The van der Waals surface area contributed by atoms with Crippen molar-refractivity contribution >= 4 is 0 Å². The van der Waals surface area contributed by atoms with Crippen LogP contribution in [0.1, 0.15) is 58.2 Å². The first-order valence-electron chi connectivity index (χ1n) is 7.26. The van der Waals surface area contributed by atoms with E-state index < -0.39 is 0 Å². The van der Waals surface area contributed by atoms with Gasteiger partial charge in [-0.3, -0.25) is 0 Å². The van der Waals surface area contributed by atoms with E-state index in [9.17, 15) is 0 Å². The topological polar surface area (TPSA) is 17.8 Å². The third-order valence-corrected chi connectivity index (χ3v) is 3.63. The Bertz CT molecular complexity index is 607. The lowest BCUT2D eigenvalue weighted by Gasteiger charge is -2.26. The molecular formula is C18H26N2. The first-order valence-corrected chi connectivity index (χ1v) is 7.26. The summed E-state index contributed by atoms with van der Waals surface area (Å²) in [5.41, 5.74) is 5.30. The maximum absolute atomic E-state index is 4.50. The van der Waals surface area contributed by atoms with Crippen LogP contribution in [0, 0.1) is 6.92 Å². The van der Waals surface area contributed by atoms with Gasteiger partial charge in [0.1, 0.15) is 0 Å². The Morgan fingerprint density at radius 2 is 1.60 bits per heavy atom. The zero-order chi connectivity index (χ0) is 15.1. The van der Waals surface area contributed by atoms with E-state index in [1.54, 1.807) is 0 Å². The molecule has 0 bridgehead atoms. The maximum Gasteiger partial charge on any atom is 0.0685 e. The number of rotatable bonds is 1. The lowest BCUT2D eigenvalue weighted by molar-refractivity contribution is 0.571. The molecule has 0 saturated heterocycles. The smallest absolute Gasteiger partial charge is 0.0685 e. The normalized spacial score (nSPS) is 12.8. The summed E-state index contributed by atoms with van der Waals surface area (Å²) in [6, 6.07) is 6.79. The zero-order valence-corrected chi connectivity index (χ0v) is 13.8. The quantitative estimate of drug-likeness (QED) is 0.729. The van der Waals surface area contributed by atoms with Crippen LogP contribution in [0.2, 0.25) is 0 Å². The molecule has 0 radical (unpaired) electrons. The van der Waals surface area contributed by atoms with Gasteiger partial charge in [0.05, 0.1) is 11.9 Å². The predicted molar refractivity (Wildman–Crippen MR) is 85.7 cm³/mol. The largest absolute Gasteiger partial charge is 0.240 e. The van der Waals surface area contributed by atoms with Gasteiger partial charge >= 0.3 is 0 Å². The van der Waals surface area contributed by atoms with E-state index in [-0.39, 0.29) is 10.8 Å². The Morgan fingerprint density at radius 3 is 2.05 bits per heavy atom. The van der Waals surface area contributed by atoms with Crippen molar-refractivity contribution in [1.82, 2.24) is 9.78 Å². The van der Waals surface area contributed by atoms with E-state index >= 15 is 0 Å². The number of nitrogens with zero attached hydrogens (tertiary/aromatic N) is 2. The van der Waals surface area contributed by atoms with Crippen LogP contribution in [-0.2, 0) is 10.8 Å². The van der Waals surface area contributed by atoms with Crippen molar-refractivity contribution < 1.29 is 0 Å². The van der Waals surface area contributed by atoms with Crippen molar-refractivity contribution in [3.63, 3.8) is 0 Å². The first kappa shape index (κ1) is 14.8. The van der Waals surface area contributed by atoms with Gasteiger partial charge in [0.25, 0.3) is 0 Å². The monoisotopic (exact) mass is 270 g/mol. The van der Waals surface area contributed by atoms with Crippen molar-refractivity contribution in [2.75, 3.05) is 0 Å².